The lowest BCUT2D eigenvalue weighted by Crippen LogP contribution is -2.59. The highest BCUT2D eigenvalue weighted by molar-refractivity contribution is 5.79. The van der Waals surface area contributed by atoms with Crippen LogP contribution in [0.15, 0.2) is 18.6 Å². The second-order valence-corrected chi connectivity index (χ2v) is 6.34. The van der Waals surface area contributed by atoms with Crippen molar-refractivity contribution in [2.75, 3.05) is 31.1 Å². The average molecular weight is 303 g/mol. The summed E-state index contributed by atoms with van der Waals surface area (Å²) in [4.78, 5) is 25.6. The minimum absolute atomic E-state index is 0.153. The molecule has 120 valence electrons. The van der Waals surface area contributed by atoms with E-state index in [1.165, 1.54) is 0 Å². The van der Waals surface area contributed by atoms with Crippen LogP contribution < -0.4 is 10.2 Å². The Balaban J connectivity index is 1.58. The molecule has 1 N–H and O–H groups in total. The Hall–Kier alpha value is -1.69. The molecule has 1 amide bonds. The van der Waals surface area contributed by atoms with Gasteiger partial charge in [-0.15, -0.1) is 0 Å². The van der Waals surface area contributed by atoms with Crippen LogP contribution in [0.5, 0.6) is 0 Å². The van der Waals surface area contributed by atoms with Crippen molar-refractivity contribution in [2.24, 2.45) is 5.92 Å². The molecule has 1 aromatic rings. The van der Waals surface area contributed by atoms with Crippen molar-refractivity contribution in [1.82, 2.24) is 20.2 Å². The van der Waals surface area contributed by atoms with Gasteiger partial charge in [-0.1, -0.05) is 0 Å². The number of anilines is 1. The van der Waals surface area contributed by atoms with Gasteiger partial charge in [-0.25, -0.2) is 4.98 Å². The Morgan fingerprint density at radius 1 is 1.23 bits per heavy atom. The predicted molar refractivity (Wildman–Crippen MR) is 85.6 cm³/mol. The van der Waals surface area contributed by atoms with Crippen molar-refractivity contribution in [2.45, 2.75) is 38.8 Å². The number of carbonyl (C=O) groups excluding carboxylic acids is 1. The van der Waals surface area contributed by atoms with Crippen LogP contribution in [0.4, 0.5) is 5.82 Å². The molecule has 1 aromatic heterocycles. The zero-order chi connectivity index (χ0) is 15.5. The highest BCUT2D eigenvalue weighted by atomic mass is 16.2. The number of rotatable bonds is 2. The van der Waals surface area contributed by atoms with E-state index in [0.29, 0.717) is 11.9 Å². The van der Waals surface area contributed by atoms with Crippen LogP contribution in [-0.4, -0.2) is 59.0 Å². The molecule has 2 aliphatic heterocycles. The second kappa shape index (κ2) is 6.60. The Morgan fingerprint density at radius 2 is 2.00 bits per heavy atom. The largest absolute Gasteiger partial charge is 0.355 e. The third-order valence-corrected chi connectivity index (χ3v) is 5.04. The molecular formula is C16H25N5O. The lowest BCUT2D eigenvalue weighted by molar-refractivity contribution is -0.140. The number of piperidine rings is 1. The van der Waals surface area contributed by atoms with Gasteiger partial charge in [-0.3, -0.25) is 9.78 Å². The van der Waals surface area contributed by atoms with Crippen molar-refractivity contribution in [3.8, 4) is 0 Å². The molecule has 6 heteroatoms. The second-order valence-electron chi connectivity index (χ2n) is 6.34. The van der Waals surface area contributed by atoms with Gasteiger partial charge >= 0.3 is 0 Å². The topological polar surface area (TPSA) is 61.4 Å². The van der Waals surface area contributed by atoms with Crippen molar-refractivity contribution in [1.29, 1.82) is 0 Å². The summed E-state index contributed by atoms with van der Waals surface area (Å²) in [5.74, 6) is 1.40. The van der Waals surface area contributed by atoms with Crippen molar-refractivity contribution >= 4 is 11.7 Å². The maximum Gasteiger partial charge on any atom is 0.226 e. The minimum atomic E-state index is 0.153. The number of aromatic nitrogens is 2. The van der Waals surface area contributed by atoms with Gasteiger partial charge in [0.25, 0.3) is 0 Å². The van der Waals surface area contributed by atoms with E-state index >= 15 is 0 Å². The Labute approximate surface area is 131 Å². The summed E-state index contributed by atoms with van der Waals surface area (Å²) in [6.45, 7) is 7.78. The molecule has 2 fully saturated rings. The molecule has 6 nitrogen and oxygen atoms in total. The van der Waals surface area contributed by atoms with E-state index in [1.807, 2.05) is 0 Å². The maximum absolute atomic E-state index is 12.8. The van der Waals surface area contributed by atoms with E-state index in [2.05, 4.69) is 38.9 Å². The van der Waals surface area contributed by atoms with Crippen LogP contribution in [0.25, 0.3) is 0 Å². The zero-order valence-electron chi connectivity index (χ0n) is 13.4. The van der Waals surface area contributed by atoms with Crippen LogP contribution in [0.1, 0.15) is 26.7 Å². The predicted octanol–water partition coefficient (Wildman–Crippen LogP) is 0.902. The molecule has 2 unspecified atom stereocenters. The fourth-order valence-electron chi connectivity index (χ4n) is 3.41. The number of nitrogens with zero attached hydrogens (tertiary/aromatic N) is 4. The molecule has 0 aromatic carbocycles. The van der Waals surface area contributed by atoms with E-state index in [0.717, 1.165) is 44.8 Å². The van der Waals surface area contributed by atoms with Crippen LogP contribution in [-0.2, 0) is 4.79 Å². The molecule has 0 aliphatic carbocycles. The van der Waals surface area contributed by atoms with Crippen LogP contribution in [0.2, 0.25) is 0 Å². The van der Waals surface area contributed by atoms with E-state index in [4.69, 9.17) is 0 Å². The normalized spacial score (nSPS) is 27.0. The number of hydrogen-bond donors (Lipinski definition) is 1. The highest BCUT2D eigenvalue weighted by Crippen LogP contribution is 2.24. The number of hydrogen-bond acceptors (Lipinski definition) is 5. The molecule has 22 heavy (non-hydrogen) atoms. The summed E-state index contributed by atoms with van der Waals surface area (Å²) in [7, 11) is 0. The van der Waals surface area contributed by atoms with Crippen LogP contribution in [0, 0.1) is 5.92 Å². The van der Waals surface area contributed by atoms with Crippen LogP contribution >= 0.6 is 0 Å². The molecule has 2 atom stereocenters. The Morgan fingerprint density at radius 3 is 2.68 bits per heavy atom. The standard InChI is InChI=1S/C16H25N5O/c1-12-13(2)21(10-7-18-12)16(22)14-3-8-20(9-4-14)15-11-17-5-6-19-15/h5-6,11-14,18H,3-4,7-10H2,1-2H3. The molecule has 0 radical (unpaired) electrons. The monoisotopic (exact) mass is 303 g/mol. The SMILES string of the molecule is CC1NCCN(C(=O)C2CCN(c3cnccn3)CC2)C1C. The summed E-state index contributed by atoms with van der Waals surface area (Å²) in [5, 5.41) is 3.43. The summed E-state index contributed by atoms with van der Waals surface area (Å²) >= 11 is 0. The molecule has 2 aliphatic rings. The molecular weight excluding hydrogens is 278 g/mol. The minimum Gasteiger partial charge on any atom is -0.355 e. The van der Waals surface area contributed by atoms with Gasteiger partial charge in [0.15, 0.2) is 0 Å². The number of nitrogens with one attached hydrogen (secondary N) is 1. The first-order chi connectivity index (χ1) is 10.7. The fraction of sp³-hybridized carbons (Fsp3) is 0.688. The van der Waals surface area contributed by atoms with Gasteiger partial charge in [-0.05, 0) is 26.7 Å². The van der Waals surface area contributed by atoms with E-state index in [9.17, 15) is 4.79 Å². The Bertz CT molecular complexity index is 501. The lowest BCUT2D eigenvalue weighted by atomic mass is 9.93. The number of piperazine rings is 1. The first-order valence-corrected chi connectivity index (χ1v) is 8.21. The van der Waals surface area contributed by atoms with E-state index in [1.54, 1.807) is 18.6 Å². The van der Waals surface area contributed by atoms with Gasteiger partial charge < -0.3 is 15.1 Å². The lowest BCUT2D eigenvalue weighted by Gasteiger charge is -2.42. The number of amides is 1. The molecule has 0 saturated carbocycles. The van der Waals surface area contributed by atoms with E-state index < -0.39 is 0 Å². The first kappa shape index (κ1) is 15.2. The summed E-state index contributed by atoms with van der Waals surface area (Å²) in [6.07, 6.45) is 7.01. The average Bonchev–Trinajstić information content (AvgIpc) is 2.58. The molecule has 0 spiro atoms. The molecule has 2 saturated heterocycles. The maximum atomic E-state index is 12.8. The zero-order valence-corrected chi connectivity index (χ0v) is 13.4. The third-order valence-electron chi connectivity index (χ3n) is 5.04. The quantitative estimate of drug-likeness (QED) is 0.879. The summed E-state index contributed by atoms with van der Waals surface area (Å²) < 4.78 is 0. The summed E-state index contributed by atoms with van der Waals surface area (Å²) in [5.41, 5.74) is 0. The van der Waals surface area contributed by atoms with Gasteiger partial charge in [0.2, 0.25) is 5.91 Å². The Kier molecular flexibility index (Phi) is 4.57. The number of carbonyl (C=O) groups is 1. The fourth-order valence-corrected chi connectivity index (χ4v) is 3.41. The molecule has 0 bridgehead atoms. The first-order valence-electron chi connectivity index (χ1n) is 8.21. The van der Waals surface area contributed by atoms with E-state index in [-0.39, 0.29) is 12.0 Å². The third kappa shape index (κ3) is 3.06. The van der Waals surface area contributed by atoms with Gasteiger partial charge in [0.1, 0.15) is 5.82 Å². The van der Waals surface area contributed by atoms with Crippen LogP contribution in [0.3, 0.4) is 0 Å². The van der Waals surface area contributed by atoms with Gasteiger partial charge in [0.05, 0.1) is 6.20 Å². The van der Waals surface area contributed by atoms with Crippen molar-refractivity contribution in [3.05, 3.63) is 18.6 Å². The highest BCUT2D eigenvalue weighted by Gasteiger charge is 2.34. The smallest absolute Gasteiger partial charge is 0.226 e. The molecule has 3 rings (SSSR count). The van der Waals surface area contributed by atoms with Crippen molar-refractivity contribution < 1.29 is 4.79 Å². The van der Waals surface area contributed by atoms with Gasteiger partial charge in [0, 0.05) is 56.6 Å². The van der Waals surface area contributed by atoms with Crippen molar-refractivity contribution in [3.63, 3.8) is 0 Å². The molecule has 3 heterocycles. The summed E-state index contributed by atoms with van der Waals surface area (Å²) in [6, 6.07) is 0.650. The van der Waals surface area contributed by atoms with Gasteiger partial charge in [-0.2, -0.15) is 0 Å².